The SMILES string of the molecule is O=S1(=O)CCN(S(=O)(=O)c2cccc(F)c2)CCC1c1ccccc1F. The standard InChI is InChI=1S/C17H17F2NO4S2/c18-13-4-3-5-14(12-13)26(23,24)20-9-8-17(25(21,22)11-10-20)15-6-1-2-7-16(15)19/h1-7,12,17H,8-11H2. The van der Waals surface area contributed by atoms with Crippen molar-refractivity contribution in [3.8, 4) is 0 Å². The Balaban J connectivity index is 1.93. The third-order valence-electron chi connectivity index (χ3n) is 4.39. The number of sulfonamides is 1. The average Bonchev–Trinajstić information content (AvgIpc) is 2.74. The molecule has 0 spiro atoms. The lowest BCUT2D eigenvalue weighted by Gasteiger charge is -2.19. The highest BCUT2D eigenvalue weighted by molar-refractivity contribution is 7.92. The maximum atomic E-state index is 14.1. The maximum absolute atomic E-state index is 14.1. The smallest absolute Gasteiger partial charge is 0.228 e. The quantitative estimate of drug-likeness (QED) is 0.792. The molecule has 2 aromatic carbocycles. The van der Waals surface area contributed by atoms with Crippen LogP contribution < -0.4 is 0 Å². The zero-order valence-electron chi connectivity index (χ0n) is 13.7. The fraction of sp³-hybridized carbons (Fsp3) is 0.294. The lowest BCUT2D eigenvalue weighted by molar-refractivity contribution is 0.426. The van der Waals surface area contributed by atoms with Crippen LogP contribution in [0.3, 0.4) is 0 Å². The molecule has 1 fully saturated rings. The minimum absolute atomic E-state index is 0.0394. The van der Waals surface area contributed by atoms with Gasteiger partial charge < -0.3 is 0 Å². The van der Waals surface area contributed by atoms with E-state index in [-0.39, 0.29) is 30.0 Å². The zero-order chi connectivity index (χ0) is 18.9. The van der Waals surface area contributed by atoms with E-state index in [2.05, 4.69) is 0 Å². The number of benzene rings is 2. The van der Waals surface area contributed by atoms with Crippen LogP contribution in [0.15, 0.2) is 53.4 Å². The first-order chi connectivity index (χ1) is 12.2. The number of nitrogens with zero attached hydrogens (tertiary/aromatic N) is 1. The number of hydrogen-bond acceptors (Lipinski definition) is 4. The molecule has 1 heterocycles. The molecule has 1 unspecified atom stereocenters. The van der Waals surface area contributed by atoms with Gasteiger partial charge in [-0.2, -0.15) is 4.31 Å². The summed E-state index contributed by atoms with van der Waals surface area (Å²) in [5, 5.41) is -1.11. The molecular formula is C17H17F2NO4S2. The van der Waals surface area contributed by atoms with Crippen molar-refractivity contribution in [1.29, 1.82) is 0 Å². The van der Waals surface area contributed by atoms with Crippen LogP contribution in [0.25, 0.3) is 0 Å². The van der Waals surface area contributed by atoms with Gasteiger partial charge in [-0.25, -0.2) is 25.6 Å². The van der Waals surface area contributed by atoms with Gasteiger partial charge in [0.25, 0.3) is 0 Å². The van der Waals surface area contributed by atoms with Gasteiger partial charge in [0.1, 0.15) is 11.6 Å². The van der Waals surface area contributed by atoms with Crippen molar-refractivity contribution in [2.75, 3.05) is 18.8 Å². The second-order valence-corrected chi connectivity index (χ2v) is 10.3. The molecule has 140 valence electrons. The molecule has 3 rings (SSSR count). The van der Waals surface area contributed by atoms with E-state index in [0.717, 1.165) is 16.4 Å². The van der Waals surface area contributed by atoms with Crippen molar-refractivity contribution in [1.82, 2.24) is 4.31 Å². The second kappa shape index (κ2) is 7.05. The fourth-order valence-electron chi connectivity index (χ4n) is 3.03. The fourth-order valence-corrected chi connectivity index (χ4v) is 6.43. The van der Waals surface area contributed by atoms with E-state index in [9.17, 15) is 25.6 Å². The molecule has 1 atom stereocenters. The zero-order valence-corrected chi connectivity index (χ0v) is 15.3. The first-order valence-electron chi connectivity index (χ1n) is 7.93. The van der Waals surface area contributed by atoms with Crippen molar-refractivity contribution in [2.24, 2.45) is 0 Å². The topological polar surface area (TPSA) is 71.5 Å². The summed E-state index contributed by atoms with van der Waals surface area (Å²) in [4.78, 5) is -0.237. The first kappa shape index (κ1) is 18.9. The maximum Gasteiger partial charge on any atom is 0.243 e. The Bertz CT molecular complexity index is 1020. The van der Waals surface area contributed by atoms with E-state index in [4.69, 9.17) is 0 Å². The molecule has 0 aromatic heterocycles. The highest BCUT2D eigenvalue weighted by Crippen LogP contribution is 2.32. The summed E-state index contributed by atoms with van der Waals surface area (Å²) < 4.78 is 79.0. The minimum Gasteiger partial charge on any atom is -0.228 e. The van der Waals surface area contributed by atoms with E-state index in [1.807, 2.05) is 0 Å². The van der Waals surface area contributed by atoms with E-state index in [0.29, 0.717) is 0 Å². The molecule has 1 aliphatic rings. The normalized spacial score (nSPS) is 21.2. The van der Waals surface area contributed by atoms with Crippen LogP contribution >= 0.6 is 0 Å². The Kier molecular flexibility index (Phi) is 5.14. The summed E-state index contributed by atoms with van der Waals surface area (Å²) >= 11 is 0. The van der Waals surface area contributed by atoms with E-state index < -0.39 is 42.5 Å². The third kappa shape index (κ3) is 3.65. The van der Waals surface area contributed by atoms with Gasteiger partial charge in [-0.1, -0.05) is 24.3 Å². The molecule has 0 saturated carbocycles. The highest BCUT2D eigenvalue weighted by Gasteiger charge is 2.36. The van der Waals surface area contributed by atoms with Gasteiger partial charge in [0, 0.05) is 18.7 Å². The van der Waals surface area contributed by atoms with Crippen LogP contribution in [0.5, 0.6) is 0 Å². The first-order valence-corrected chi connectivity index (χ1v) is 11.1. The van der Waals surface area contributed by atoms with E-state index in [1.54, 1.807) is 6.07 Å². The van der Waals surface area contributed by atoms with Crippen molar-refractivity contribution >= 4 is 19.9 Å². The van der Waals surface area contributed by atoms with Gasteiger partial charge in [-0.3, -0.25) is 0 Å². The predicted octanol–water partition coefficient (Wildman–Crippen LogP) is 2.52. The molecule has 5 nitrogen and oxygen atoms in total. The third-order valence-corrected chi connectivity index (χ3v) is 8.39. The molecule has 1 aliphatic heterocycles. The van der Waals surface area contributed by atoms with Gasteiger partial charge in [0.2, 0.25) is 10.0 Å². The lowest BCUT2D eigenvalue weighted by atomic mass is 10.1. The molecule has 0 radical (unpaired) electrons. The predicted molar refractivity (Wildman–Crippen MR) is 92.7 cm³/mol. The van der Waals surface area contributed by atoms with Crippen LogP contribution in [0.4, 0.5) is 8.78 Å². The Hall–Kier alpha value is -1.84. The molecule has 0 aliphatic carbocycles. The molecule has 0 amide bonds. The number of halogens is 2. The molecule has 0 bridgehead atoms. The molecule has 9 heteroatoms. The van der Waals surface area contributed by atoms with Gasteiger partial charge in [0.05, 0.1) is 15.9 Å². The molecule has 26 heavy (non-hydrogen) atoms. The van der Waals surface area contributed by atoms with Gasteiger partial charge in [-0.05, 0) is 30.7 Å². The second-order valence-electron chi connectivity index (χ2n) is 6.03. The Morgan fingerprint density at radius 1 is 1.00 bits per heavy atom. The summed E-state index contributed by atoms with van der Waals surface area (Å²) in [5.41, 5.74) is 0.0394. The Labute approximate surface area is 151 Å². The summed E-state index contributed by atoms with van der Waals surface area (Å²) in [7, 11) is -7.78. The number of rotatable bonds is 3. The van der Waals surface area contributed by atoms with Crippen molar-refractivity contribution < 1.29 is 25.6 Å². The van der Waals surface area contributed by atoms with E-state index >= 15 is 0 Å². The number of sulfone groups is 1. The summed E-state index contributed by atoms with van der Waals surface area (Å²) in [6.45, 7) is -0.358. The minimum atomic E-state index is -4.04. The van der Waals surface area contributed by atoms with E-state index in [1.165, 1.54) is 30.3 Å². The van der Waals surface area contributed by atoms with Crippen LogP contribution in [0.1, 0.15) is 17.2 Å². The largest absolute Gasteiger partial charge is 0.243 e. The lowest BCUT2D eigenvalue weighted by Crippen LogP contribution is -2.33. The monoisotopic (exact) mass is 401 g/mol. The van der Waals surface area contributed by atoms with Crippen molar-refractivity contribution in [2.45, 2.75) is 16.6 Å². The van der Waals surface area contributed by atoms with Crippen molar-refractivity contribution in [3.05, 3.63) is 65.7 Å². The van der Waals surface area contributed by atoms with Crippen LogP contribution in [-0.4, -0.2) is 40.0 Å². The summed E-state index contributed by atoms with van der Waals surface area (Å²) in [6, 6.07) is 10.1. The average molecular weight is 401 g/mol. The molecule has 0 N–H and O–H groups in total. The van der Waals surface area contributed by atoms with Gasteiger partial charge in [-0.15, -0.1) is 0 Å². The molecule has 1 saturated heterocycles. The van der Waals surface area contributed by atoms with Gasteiger partial charge in [0.15, 0.2) is 9.84 Å². The Morgan fingerprint density at radius 3 is 2.42 bits per heavy atom. The molecular weight excluding hydrogens is 384 g/mol. The highest BCUT2D eigenvalue weighted by atomic mass is 32.2. The number of hydrogen-bond donors (Lipinski definition) is 0. The van der Waals surface area contributed by atoms with Crippen LogP contribution in [-0.2, 0) is 19.9 Å². The van der Waals surface area contributed by atoms with Crippen LogP contribution in [0.2, 0.25) is 0 Å². The molecule has 2 aromatic rings. The van der Waals surface area contributed by atoms with Crippen molar-refractivity contribution in [3.63, 3.8) is 0 Å². The summed E-state index contributed by atoms with van der Waals surface area (Å²) in [6.07, 6.45) is -0.0716. The Morgan fingerprint density at radius 2 is 1.73 bits per heavy atom. The summed E-state index contributed by atoms with van der Waals surface area (Å²) in [5.74, 6) is -1.76. The van der Waals surface area contributed by atoms with Crippen LogP contribution in [0, 0.1) is 11.6 Å². The van der Waals surface area contributed by atoms with Gasteiger partial charge >= 0.3 is 0 Å².